The number of nitrogens with zero attached hydrogens (tertiary/aromatic N) is 5. The van der Waals surface area contributed by atoms with Crippen LogP contribution in [0.1, 0.15) is 83.9 Å². The fourth-order valence-corrected chi connectivity index (χ4v) is 14.9. The van der Waals surface area contributed by atoms with Crippen molar-refractivity contribution >= 4 is 40.2 Å². The van der Waals surface area contributed by atoms with E-state index in [-0.39, 0.29) is 57.6 Å². The molecule has 3 aromatic rings. The minimum absolute atomic E-state index is 0.0392. The minimum atomic E-state index is -4.79. The van der Waals surface area contributed by atoms with Crippen LogP contribution in [0.4, 0.5) is 9.59 Å². The summed E-state index contributed by atoms with van der Waals surface area (Å²) in [5, 5.41) is 24.0. The van der Waals surface area contributed by atoms with E-state index in [9.17, 15) is 29.7 Å². The first-order chi connectivity index (χ1) is 36.9. The number of fused-ring (bicyclic) bond motifs is 7. The Bertz CT molecular complexity index is 2750. The number of carbonyl (C=O) groups excluding carboxylic acids is 4. The number of phosphoric ester groups is 1. The smallest absolute Gasteiger partial charge is 0.475 e. The Hall–Kier alpha value is -5.58. The third kappa shape index (κ3) is 10.0. The number of urea groups is 2. The van der Waals surface area contributed by atoms with Crippen LogP contribution in [0.2, 0.25) is 0 Å². The van der Waals surface area contributed by atoms with Crippen LogP contribution in [0.5, 0.6) is 11.5 Å². The second-order valence-corrected chi connectivity index (χ2v) is 23.5. The Morgan fingerprint density at radius 1 is 0.753 bits per heavy atom. The van der Waals surface area contributed by atoms with Crippen molar-refractivity contribution in [2.45, 2.75) is 134 Å². The normalized spacial score (nSPS) is 31.2. The van der Waals surface area contributed by atoms with E-state index >= 15 is 4.57 Å². The van der Waals surface area contributed by atoms with Gasteiger partial charge in [0, 0.05) is 24.9 Å². The third-order valence-electron chi connectivity index (χ3n) is 15.6. The van der Waals surface area contributed by atoms with Crippen molar-refractivity contribution in [1.82, 2.24) is 25.1 Å². The van der Waals surface area contributed by atoms with Gasteiger partial charge in [-0.05, 0) is 82.5 Å². The van der Waals surface area contributed by atoms with Crippen molar-refractivity contribution < 1.29 is 70.0 Å². The van der Waals surface area contributed by atoms with Crippen LogP contribution in [0.3, 0.4) is 0 Å². The second-order valence-electron chi connectivity index (χ2n) is 20.5. The van der Waals surface area contributed by atoms with Crippen LogP contribution in [0.15, 0.2) is 78.9 Å². The number of hydrogen-bond donors (Lipinski definition) is 2. The lowest BCUT2D eigenvalue weighted by Crippen LogP contribution is -2.92. The average molecular weight is 1100 g/mol. The molecule has 22 nitrogen and oxygen atoms in total. The zero-order valence-electron chi connectivity index (χ0n) is 44.2. The molecule has 6 fully saturated rings. The monoisotopic (exact) mass is 1100 g/mol. The maximum Gasteiger partial charge on any atom is 0.475 e. The summed E-state index contributed by atoms with van der Waals surface area (Å²) in [6.07, 6.45) is -7.39. The molecule has 5 saturated heterocycles. The molecule has 412 valence electrons. The van der Waals surface area contributed by atoms with Crippen LogP contribution in [-0.2, 0) is 56.6 Å². The van der Waals surface area contributed by atoms with Gasteiger partial charge in [-0.2, -0.15) is 10.5 Å². The Morgan fingerprint density at radius 3 is 1.79 bits per heavy atom. The fraction of sp³-hybridized carbons (Fsp3) is 0.547. The van der Waals surface area contributed by atoms with Gasteiger partial charge in [-0.25, -0.2) is 18.8 Å². The first kappa shape index (κ1) is 56.2. The molecule has 3 aromatic carbocycles. The number of hydrogen-bond acceptors (Lipinski definition) is 18. The third-order valence-corrected chi connectivity index (χ3v) is 19.3. The first-order valence-corrected chi connectivity index (χ1v) is 28.2. The van der Waals surface area contributed by atoms with Gasteiger partial charge in [-0.1, -0.05) is 54.6 Å². The van der Waals surface area contributed by atoms with Crippen LogP contribution in [0, 0.1) is 33.5 Å². The number of carbonyl (C=O) groups is 4. The molecule has 0 radical (unpaired) electrons. The van der Waals surface area contributed by atoms with E-state index in [0.29, 0.717) is 28.2 Å². The van der Waals surface area contributed by atoms with Crippen molar-refractivity contribution in [3.63, 3.8) is 0 Å². The minimum Gasteiger partial charge on any atom is -0.497 e. The SMILES string of the molecule is COc1ccc(C(OC[C@H]2O[C@@H]3C[C@@H]2OP(=O)(OCCC#N)OC[C@H]2O[C@H](C[C@@H]2OP(OCCC#N)N(C(C)C)C(C)C)N2C(=O)[15NH]C(=O)C4(C)C2C2N3C(=O)[15NH]C(=O)C24C)(c2ccccc2)c2ccc(OC)cc2)cc1. The van der Waals surface area contributed by atoms with Crippen molar-refractivity contribution in [3.8, 4) is 23.6 Å². The zero-order valence-corrected chi connectivity index (χ0v) is 46.0. The molecule has 6 amide bonds. The number of nitrogens with one attached hydrogen (secondary N) is 2. The molecule has 4 bridgehead atoms. The predicted octanol–water partition coefficient (Wildman–Crippen LogP) is 7.22. The highest BCUT2D eigenvalue weighted by molar-refractivity contribution is 7.48. The summed E-state index contributed by atoms with van der Waals surface area (Å²) in [5.74, 6) is -0.260. The molecule has 0 spiro atoms. The van der Waals surface area contributed by atoms with E-state index in [0.717, 1.165) is 0 Å². The van der Waals surface area contributed by atoms with Gasteiger partial charge in [0.1, 0.15) is 47.9 Å². The molecule has 6 aliphatic rings. The van der Waals surface area contributed by atoms with Gasteiger partial charge in [-0.3, -0.25) is 43.6 Å². The molecule has 1 saturated carbocycles. The van der Waals surface area contributed by atoms with Crippen molar-refractivity contribution in [1.29, 1.82) is 10.5 Å². The summed E-state index contributed by atoms with van der Waals surface area (Å²) in [4.78, 5) is 60.6. The summed E-state index contributed by atoms with van der Waals surface area (Å²) in [6.45, 7) is 9.91. The maximum absolute atomic E-state index is 15.4. The van der Waals surface area contributed by atoms with E-state index in [2.05, 4.69) is 16.7 Å². The fourth-order valence-electron chi connectivity index (χ4n) is 11.8. The Morgan fingerprint density at radius 2 is 1.27 bits per heavy atom. The molecule has 24 heteroatoms. The molecule has 2 N–H and O–H groups in total. The molecule has 0 aromatic heterocycles. The van der Waals surface area contributed by atoms with E-state index in [1.807, 2.05) is 117 Å². The second kappa shape index (κ2) is 22.6. The standard InChI is InChI=1S/C53H65N7O15P2/c1-32(2)60(33(3)4)76(69-26-12-24-54)74-39-28-43-58-45-46-52(6,51(45,5)47(61)56-49(58)63)48(62)57-50(64)59(46)44-29-40(75-77(65,70-27-13-25-55)71-31-42(39)73-43)41(72-44)30-68-53(34-14-10-9-11-15-34,35-16-20-37(66-7)21-17-35)36-18-22-38(67-8)23-19-36/h9-11,14-23,32-33,39-46H,12-13,26-31H2,1-8H3,(H,56,61,63)(H,57,62,64)/t39-,40-,41+,42+,43+,44+,45?,46?,51?,52?,76?,77?/m0/s1/i56+1,57+1. The van der Waals surface area contributed by atoms with Gasteiger partial charge in [0.2, 0.25) is 11.8 Å². The number of rotatable bonds is 19. The van der Waals surface area contributed by atoms with Crippen molar-refractivity contribution in [2.75, 3.05) is 40.6 Å². The highest BCUT2D eigenvalue weighted by Gasteiger charge is 2.82. The summed E-state index contributed by atoms with van der Waals surface area (Å²) < 4.78 is 81.3. The van der Waals surface area contributed by atoms with Crippen molar-refractivity contribution in [3.05, 3.63) is 95.6 Å². The Balaban J connectivity index is 1.16. The first-order valence-electron chi connectivity index (χ1n) is 25.7. The van der Waals surface area contributed by atoms with Gasteiger partial charge in [-0.15, -0.1) is 0 Å². The highest BCUT2D eigenvalue weighted by Crippen LogP contribution is 2.65. The van der Waals surface area contributed by atoms with E-state index in [1.54, 1.807) is 28.1 Å². The largest absolute Gasteiger partial charge is 0.497 e. The highest BCUT2D eigenvalue weighted by atomic mass is 31.2. The molecule has 77 heavy (non-hydrogen) atoms. The van der Waals surface area contributed by atoms with E-state index in [1.165, 1.54) is 9.80 Å². The Labute approximate surface area is 449 Å². The van der Waals surface area contributed by atoms with E-state index < -0.39 is 112 Å². The number of nitriles is 2. The molecule has 5 heterocycles. The number of amides is 6. The Kier molecular flexibility index (Phi) is 16.5. The average Bonchev–Trinajstić information content (AvgIpc) is 4.14. The van der Waals surface area contributed by atoms with E-state index in [4.69, 9.17) is 46.3 Å². The quantitative estimate of drug-likeness (QED) is 0.0519. The number of benzene rings is 3. The number of imide groups is 2. The molecule has 1 aliphatic carbocycles. The molecule has 9 rings (SSSR count). The summed E-state index contributed by atoms with van der Waals surface area (Å²) in [7, 11) is -3.59. The molecule has 5 aliphatic heterocycles. The lowest BCUT2D eigenvalue weighted by molar-refractivity contribution is -0.243. The van der Waals surface area contributed by atoms with Crippen LogP contribution in [0.25, 0.3) is 0 Å². The summed E-state index contributed by atoms with van der Waals surface area (Å²) >= 11 is 0. The lowest BCUT2D eigenvalue weighted by atomic mass is 9.42. The zero-order chi connectivity index (χ0) is 55.0. The molecular formula is C53H65N7O15P2. The van der Waals surface area contributed by atoms with Gasteiger partial charge < -0.3 is 32.7 Å². The lowest BCUT2D eigenvalue weighted by Gasteiger charge is -2.72. The van der Waals surface area contributed by atoms with Crippen LogP contribution in [-0.4, -0.2) is 140 Å². The molecular weight excluding hydrogens is 1040 g/mol. The van der Waals surface area contributed by atoms with Gasteiger partial charge in [0.05, 0.1) is 94.6 Å². The summed E-state index contributed by atoms with van der Waals surface area (Å²) in [6, 6.07) is 24.0. The summed E-state index contributed by atoms with van der Waals surface area (Å²) in [5.41, 5.74) is -2.60. The van der Waals surface area contributed by atoms with Crippen molar-refractivity contribution in [2.24, 2.45) is 10.8 Å². The van der Waals surface area contributed by atoms with Gasteiger partial charge in [0.25, 0.3) is 8.53 Å². The van der Waals surface area contributed by atoms with Crippen LogP contribution < -0.4 is 20.1 Å². The topological polar surface area (TPSA) is 259 Å². The maximum atomic E-state index is 15.4. The number of methoxy groups -OCH3 is 2. The molecule has 12 atom stereocenters. The van der Waals surface area contributed by atoms with Crippen LogP contribution >= 0.6 is 16.3 Å². The molecule has 6 unspecified atom stereocenters. The number of ether oxygens (including phenoxy) is 5. The number of phosphoric acid groups is 1. The predicted molar refractivity (Wildman–Crippen MR) is 274 cm³/mol. The van der Waals surface area contributed by atoms with Gasteiger partial charge >= 0.3 is 19.9 Å². The van der Waals surface area contributed by atoms with Gasteiger partial charge in [0.15, 0.2) is 0 Å².